The van der Waals surface area contributed by atoms with Crippen LogP contribution in [0.1, 0.15) is 26.7 Å². The standard InChI is InChI=1S/C17H23ClN6O2/c1-17(2,3)23-13(25)9-20-16(19-4)21-10-14-22-15(24-26-14)11-5-7-12(18)8-6-11/h5-8H,9-10H2,1-4H3,(H,23,25)(H2,19,20,21). The van der Waals surface area contributed by atoms with Crippen molar-refractivity contribution in [1.29, 1.82) is 0 Å². The van der Waals surface area contributed by atoms with Crippen LogP contribution in [0.25, 0.3) is 11.4 Å². The molecule has 0 spiro atoms. The third kappa shape index (κ3) is 6.36. The molecule has 0 atom stereocenters. The number of aromatic nitrogens is 2. The van der Waals surface area contributed by atoms with Gasteiger partial charge in [0, 0.05) is 23.2 Å². The highest BCUT2D eigenvalue weighted by Crippen LogP contribution is 2.18. The first kappa shape index (κ1) is 19.7. The smallest absolute Gasteiger partial charge is 0.246 e. The Balaban J connectivity index is 1.85. The molecule has 8 nitrogen and oxygen atoms in total. The van der Waals surface area contributed by atoms with Gasteiger partial charge in [-0.15, -0.1) is 0 Å². The van der Waals surface area contributed by atoms with E-state index in [9.17, 15) is 4.79 Å². The van der Waals surface area contributed by atoms with E-state index in [2.05, 4.69) is 31.1 Å². The third-order valence-corrected chi connectivity index (χ3v) is 3.38. The normalized spacial score (nSPS) is 12.0. The number of rotatable bonds is 5. The first-order chi connectivity index (χ1) is 12.3. The third-order valence-electron chi connectivity index (χ3n) is 3.13. The van der Waals surface area contributed by atoms with Crippen molar-refractivity contribution in [2.45, 2.75) is 32.9 Å². The van der Waals surface area contributed by atoms with Gasteiger partial charge >= 0.3 is 0 Å². The number of carbonyl (C=O) groups is 1. The van der Waals surface area contributed by atoms with Crippen molar-refractivity contribution >= 4 is 23.5 Å². The topological polar surface area (TPSA) is 104 Å². The molecule has 0 fully saturated rings. The number of guanidine groups is 1. The number of carbonyl (C=O) groups excluding carboxylic acids is 1. The molecule has 0 aliphatic heterocycles. The van der Waals surface area contributed by atoms with Gasteiger partial charge in [0.05, 0.1) is 13.1 Å². The Labute approximate surface area is 157 Å². The first-order valence-electron chi connectivity index (χ1n) is 8.11. The highest BCUT2D eigenvalue weighted by Gasteiger charge is 2.14. The average molecular weight is 379 g/mol. The minimum absolute atomic E-state index is 0.108. The van der Waals surface area contributed by atoms with Crippen LogP contribution in [0.15, 0.2) is 33.8 Å². The summed E-state index contributed by atoms with van der Waals surface area (Å²) in [7, 11) is 1.62. The second kappa shape index (κ2) is 8.66. The number of hydrogen-bond acceptors (Lipinski definition) is 5. The summed E-state index contributed by atoms with van der Waals surface area (Å²) in [5, 5.41) is 13.4. The maximum Gasteiger partial charge on any atom is 0.246 e. The lowest BCUT2D eigenvalue weighted by molar-refractivity contribution is -0.121. The molecular formula is C17H23ClN6O2. The summed E-state index contributed by atoms with van der Waals surface area (Å²) in [4.78, 5) is 20.2. The maximum atomic E-state index is 11.8. The summed E-state index contributed by atoms with van der Waals surface area (Å²) < 4.78 is 5.22. The number of aliphatic imine (C=N–C) groups is 1. The number of hydrogen-bond donors (Lipinski definition) is 3. The Morgan fingerprint density at radius 2 is 1.92 bits per heavy atom. The van der Waals surface area contributed by atoms with Gasteiger partial charge in [-0.25, -0.2) is 0 Å². The Bertz CT molecular complexity index is 764. The van der Waals surface area contributed by atoms with Crippen molar-refractivity contribution in [3.63, 3.8) is 0 Å². The zero-order chi connectivity index (χ0) is 19.2. The number of benzene rings is 1. The molecule has 26 heavy (non-hydrogen) atoms. The fraction of sp³-hybridized carbons (Fsp3) is 0.412. The van der Waals surface area contributed by atoms with Gasteiger partial charge in [0.15, 0.2) is 5.96 Å². The van der Waals surface area contributed by atoms with Gasteiger partial charge in [-0.2, -0.15) is 4.98 Å². The van der Waals surface area contributed by atoms with Crippen molar-refractivity contribution in [2.75, 3.05) is 13.6 Å². The second-order valence-electron chi connectivity index (χ2n) is 6.60. The summed E-state index contributed by atoms with van der Waals surface area (Å²) in [5.41, 5.74) is 0.531. The number of amides is 1. The summed E-state index contributed by atoms with van der Waals surface area (Å²) in [6.45, 7) is 6.15. The maximum absolute atomic E-state index is 11.8. The Morgan fingerprint density at radius 3 is 2.54 bits per heavy atom. The molecule has 0 aliphatic carbocycles. The van der Waals surface area contributed by atoms with Crippen LogP contribution in [0, 0.1) is 0 Å². The monoisotopic (exact) mass is 378 g/mol. The van der Waals surface area contributed by atoms with Crippen LogP contribution in [0.3, 0.4) is 0 Å². The lowest BCUT2D eigenvalue weighted by Gasteiger charge is -2.21. The molecule has 0 bridgehead atoms. The molecule has 3 N–H and O–H groups in total. The minimum atomic E-state index is -0.280. The average Bonchev–Trinajstić information content (AvgIpc) is 3.03. The largest absolute Gasteiger partial charge is 0.350 e. The summed E-state index contributed by atoms with van der Waals surface area (Å²) in [6, 6.07) is 7.16. The zero-order valence-electron chi connectivity index (χ0n) is 15.3. The molecule has 1 aromatic carbocycles. The van der Waals surface area contributed by atoms with E-state index in [1.807, 2.05) is 32.9 Å². The zero-order valence-corrected chi connectivity index (χ0v) is 16.0. The fourth-order valence-corrected chi connectivity index (χ4v) is 2.18. The van der Waals surface area contributed by atoms with E-state index >= 15 is 0 Å². The predicted molar refractivity (Wildman–Crippen MR) is 101 cm³/mol. The molecule has 0 saturated heterocycles. The van der Waals surface area contributed by atoms with Crippen molar-refractivity contribution < 1.29 is 9.32 Å². The first-order valence-corrected chi connectivity index (χ1v) is 8.48. The van der Waals surface area contributed by atoms with Crippen LogP contribution in [0.5, 0.6) is 0 Å². The highest BCUT2D eigenvalue weighted by atomic mass is 35.5. The molecule has 0 aliphatic rings. The van der Waals surface area contributed by atoms with Gasteiger partial charge in [-0.3, -0.25) is 9.79 Å². The van der Waals surface area contributed by atoms with Crippen LogP contribution < -0.4 is 16.0 Å². The molecule has 0 saturated carbocycles. The van der Waals surface area contributed by atoms with Gasteiger partial charge in [-0.05, 0) is 45.0 Å². The fourth-order valence-electron chi connectivity index (χ4n) is 2.05. The van der Waals surface area contributed by atoms with E-state index in [1.165, 1.54) is 0 Å². The van der Waals surface area contributed by atoms with E-state index in [-0.39, 0.29) is 24.5 Å². The summed E-state index contributed by atoms with van der Waals surface area (Å²) in [6.07, 6.45) is 0. The predicted octanol–water partition coefficient (Wildman–Crippen LogP) is 1.97. The number of nitrogens with zero attached hydrogens (tertiary/aromatic N) is 3. The second-order valence-corrected chi connectivity index (χ2v) is 7.03. The molecule has 2 rings (SSSR count). The molecule has 1 aromatic heterocycles. The molecule has 1 amide bonds. The molecule has 9 heteroatoms. The quantitative estimate of drug-likeness (QED) is 0.542. The van der Waals surface area contributed by atoms with Crippen molar-refractivity contribution in [3.05, 3.63) is 35.2 Å². The lowest BCUT2D eigenvalue weighted by atomic mass is 10.1. The van der Waals surface area contributed by atoms with Crippen LogP contribution >= 0.6 is 11.6 Å². The summed E-state index contributed by atoms with van der Waals surface area (Å²) >= 11 is 5.87. The molecular weight excluding hydrogens is 356 g/mol. The van der Waals surface area contributed by atoms with E-state index < -0.39 is 0 Å². The lowest BCUT2D eigenvalue weighted by Crippen LogP contribution is -2.48. The van der Waals surface area contributed by atoms with Crippen molar-refractivity contribution in [2.24, 2.45) is 4.99 Å². The highest BCUT2D eigenvalue weighted by molar-refractivity contribution is 6.30. The Kier molecular flexibility index (Phi) is 6.57. The molecule has 1 heterocycles. The summed E-state index contributed by atoms with van der Waals surface area (Å²) in [5.74, 6) is 1.21. The van der Waals surface area contributed by atoms with E-state index in [0.717, 1.165) is 5.56 Å². The van der Waals surface area contributed by atoms with Gasteiger partial charge in [0.1, 0.15) is 0 Å². The minimum Gasteiger partial charge on any atom is -0.350 e. The van der Waals surface area contributed by atoms with Gasteiger partial charge in [-0.1, -0.05) is 16.8 Å². The van der Waals surface area contributed by atoms with E-state index in [0.29, 0.717) is 22.7 Å². The molecule has 140 valence electrons. The van der Waals surface area contributed by atoms with Crippen molar-refractivity contribution in [3.8, 4) is 11.4 Å². The van der Waals surface area contributed by atoms with Gasteiger partial charge in [0.25, 0.3) is 0 Å². The van der Waals surface area contributed by atoms with E-state index in [1.54, 1.807) is 19.2 Å². The Morgan fingerprint density at radius 1 is 1.23 bits per heavy atom. The molecule has 0 radical (unpaired) electrons. The molecule has 0 unspecified atom stereocenters. The van der Waals surface area contributed by atoms with Gasteiger partial charge < -0.3 is 20.5 Å². The van der Waals surface area contributed by atoms with Crippen LogP contribution in [-0.4, -0.2) is 41.1 Å². The van der Waals surface area contributed by atoms with Crippen molar-refractivity contribution in [1.82, 2.24) is 26.1 Å². The van der Waals surface area contributed by atoms with Crippen LogP contribution in [0.4, 0.5) is 0 Å². The molecule has 2 aromatic rings. The number of nitrogens with one attached hydrogen (secondary N) is 3. The van der Waals surface area contributed by atoms with Crippen LogP contribution in [-0.2, 0) is 11.3 Å². The SMILES string of the molecule is CN=C(NCC(=O)NC(C)(C)C)NCc1nc(-c2ccc(Cl)cc2)no1. The number of halogens is 1. The van der Waals surface area contributed by atoms with Crippen LogP contribution in [0.2, 0.25) is 5.02 Å². The van der Waals surface area contributed by atoms with E-state index in [4.69, 9.17) is 16.1 Å². The Hall–Kier alpha value is -2.61. The van der Waals surface area contributed by atoms with Gasteiger partial charge in [0.2, 0.25) is 17.6 Å².